The van der Waals surface area contributed by atoms with Gasteiger partial charge in [-0.2, -0.15) is 0 Å². The monoisotopic (exact) mass is 408 g/mol. The van der Waals surface area contributed by atoms with Gasteiger partial charge in [0.25, 0.3) is 0 Å². The molecular weight excluding hydrogens is 387 g/mol. The molecule has 0 saturated carbocycles. The summed E-state index contributed by atoms with van der Waals surface area (Å²) in [6.45, 7) is 3.17. The van der Waals surface area contributed by atoms with E-state index in [4.69, 9.17) is 0 Å². The maximum atomic E-state index is 12.2. The first-order valence-corrected chi connectivity index (χ1v) is 8.44. The van der Waals surface area contributed by atoms with Gasteiger partial charge in [-0.25, -0.2) is 0 Å². The fourth-order valence-electron chi connectivity index (χ4n) is 2.31. The van der Waals surface area contributed by atoms with Gasteiger partial charge in [-0.1, -0.05) is 36.4 Å². The van der Waals surface area contributed by atoms with Gasteiger partial charge in [-0.05, 0) is 65.7 Å². The zero-order valence-corrected chi connectivity index (χ0v) is 15.1. The van der Waals surface area contributed by atoms with Gasteiger partial charge in [0.2, 0.25) is 5.91 Å². The summed E-state index contributed by atoms with van der Waals surface area (Å²) in [6, 6.07) is 16.3. The van der Waals surface area contributed by atoms with Crippen molar-refractivity contribution in [2.24, 2.45) is 0 Å². The van der Waals surface area contributed by atoms with Crippen LogP contribution in [0.15, 0.2) is 48.5 Å². The summed E-state index contributed by atoms with van der Waals surface area (Å²) in [6.07, 6.45) is 0.931. The summed E-state index contributed by atoms with van der Waals surface area (Å²) in [7, 11) is 1.83. The molecule has 3 nitrogen and oxygen atoms in total. The summed E-state index contributed by atoms with van der Waals surface area (Å²) in [5.74, 6) is 0.0806. The van der Waals surface area contributed by atoms with Crippen LogP contribution in [0.2, 0.25) is 0 Å². The van der Waals surface area contributed by atoms with Crippen LogP contribution in [0, 0.1) is 10.5 Å². The summed E-state index contributed by atoms with van der Waals surface area (Å²) in [4.78, 5) is 14.0. The first-order valence-electron chi connectivity index (χ1n) is 7.36. The molecule has 2 aromatic carbocycles. The Labute approximate surface area is 145 Å². The van der Waals surface area contributed by atoms with E-state index in [0.717, 1.165) is 24.2 Å². The minimum absolute atomic E-state index is 0.0806. The lowest BCUT2D eigenvalue weighted by Gasteiger charge is -2.19. The first kappa shape index (κ1) is 17.0. The van der Waals surface area contributed by atoms with Gasteiger partial charge in [-0.15, -0.1) is 0 Å². The van der Waals surface area contributed by atoms with E-state index in [0.29, 0.717) is 6.54 Å². The third-order valence-electron chi connectivity index (χ3n) is 3.66. The number of nitrogens with zero attached hydrogens (tertiary/aromatic N) is 1. The average Bonchev–Trinajstić information content (AvgIpc) is 2.52. The molecule has 0 heterocycles. The highest BCUT2D eigenvalue weighted by Crippen LogP contribution is 2.17. The lowest BCUT2D eigenvalue weighted by atomic mass is 10.1. The van der Waals surface area contributed by atoms with E-state index < -0.39 is 0 Å². The van der Waals surface area contributed by atoms with Gasteiger partial charge >= 0.3 is 0 Å². The quantitative estimate of drug-likeness (QED) is 0.587. The highest BCUT2D eigenvalue weighted by Gasteiger charge is 2.11. The standard InChI is InChI=1S/C18H21IN2O/c1-14-7-3-6-10-17(14)21(2)18(22)13-20-12-11-15-8-4-5-9-16(15)19/h3-10,20H,11-13H2,1-2H3. The Bertz CT molecular complexity index is 642. The van der Waals surface area contributed by atoms with Crippen LogP contribution >= 0.6 is 22.6 Å². The fourth-order valence-corrected chi connectivity index (χ4v) is 2.97. The molecule has 0 aromatic heterocycles. The molecule has 22 heavy (non-hydrogen) atoms. The van der Waals surface area contributed by atoms with Crippen molar-refractivity contribution in [1.82, 2.24) is 5.32 Å². The normalized spacial score (nSPS) is 10.5. The number of hydrogen-bond donors (Lipinski definition) is 1. The highest BCUT2D eigenvalue weighted by molar-refractivity contribution is 14.1. The van der Waals surface area contributed by atoms with Crippen LogP contribution in [0.4, 0.5) is 5.69 Å². The number of aryl methyl sites for hydroxylation is 1. The Balaban J connectivity index is 1.81. The molecule has 2 rings (SSSR count). The maximum Gasteiger partial charge on any atom is 0.240 e. The molecule has 116 valence electrons. The van der Waals surface area contributed by atoms with E-state index in [2.05, 4.69) is 46.1 Å². The van der Waals surface area contributed by atoms with Crippen LogP contribution in [0.1, 0.15) is 11.1 Å². The number of halogens is 1. The summed E-state index contributed by atoms with van der Waals surface area (Å²) < 4.78 is 1.27. The maximum absolute atomic E-state index is 12.2. The smallest absolute Gasteiger partial charge is 0.240 e. The molecule has 0 bridgehead atoms. The predicted octanol–water partition coefficient (Wildman–Crippen LogP) is 3.39. The fraction of sp³-hybridized carbons (Fsp3) is 0.278. The number of para-hydroxylation sites is 1. The molecule has 1 amide bonds. The van der Waals surface area contributed by atoms with Crippen molar-refractivity contribution in [2.75, 3.05) is 25.0 Å². The van der Waals surface area contributed by atoms with Gasteiger partial charge in [0, 0.05) is 16.3 Å². The molecule has 0 aliphatic heterocycles. The second-order valence-corrected chi connectivity index (χ2v) is 6.42. The van der Waals surface area contributed by atoms with E-state index in [1.165, 1.54) is 9.13 Å². The van der Waals surface area contributed by atoms with E-state index in [9.17, 15) is 4.79 Å². The summed E-state index contributed by atoms with van der Waals surface area (Å²) in [5.41, 5.74) is 3.39. The van der Waals surface area contributed by atoms with Crippen LogP contribution in [0.25, 0.3) is 0 Å². The van der Waals surface area contributed by atoms with Crippen LogP contribution in [-0.4, -0.2) is 26.0 Å². The molecule has 4 heteroatoms. The number of benzene rings is 2. The van der Waals surface area contributed by atoms with Gasteiger partial charge in [0.15, 0.2) is 0 Å². The van der Waals surface area contributed by atoms with Crippen molar-refractivity contribution < 1.29 is 4.79 Å². The lowest BCUT2D eigenvalue weighted by molar-refractivity contribution is -0.117. The summed E-state index contributed by atoms with van der Waals surface area (Å²) >= 11 is 2.34. The number of amides is 1. The number of anilines is 1. The van der Waals surface area contributed by atoms with Crippen molar-refractivity contribution in [3.63, 3.8) is 0 Å². The van der Waals surface area contributed by atoms with Crippen molar-refractivity contribution in [1.29, 1.82) is 0 Å². The minimum atomic E-state index is 0.0806. The van der Waals surface area contributed by atoms with Crippen molar-refractivity contribution in [3.05, 3.63) is 63.2 Å². The third kappa shape index (κ3) is 4.55. The number of carbonyl (C=O) groups is 1. The number of nitrogens with one attached hydrogen (secondary N) is 1. The third-order valence-corrected chi connectivity index (χ3v) is 4.71. The van der Waals surface area contributed by atoms with Crippen molar-refractivity contribution in [2.45, 2.75) is 13.3 Å². The Kier molecular flexibility index (Phi) is 6.39. The largest absolute Gasteiger partial charge is 0.314 e. The van der Waals surface area contributed by atoms with E-state index in [1.54, 1.807) is 4.90 Å². The molecule has 1 N–H and O–H groups in total. The predicted molar refractivity (Wildman–Crippen MR) is 100 cm³/mol. The number of rotatable bonds is 6. The van der Waals surface area contributed by atoms with E-state index in [1.807, 2.05) is 44.3 Å². The second kappa shape index (κ2) is 8.29. The lowest BCUT2D eigenvalue weighted by Crippen LogP contribution is -2.36. The molecule has 0 aliphatic rings. The van der Waals surface area contributed by atoms with E-state index in [-0.39, 0.29) is 5.91 Å². The highest BCUT2D eigenvalue weighted by atomic mass is 127. The first-order chi connectivity index (χ1) is 10.6. The van der Waals surface area contributed by atoms with Gasteiger partial charge < -0.3 is 10.2 Å². The van der Waals surface area contributed by atoms with Gasteiger partial charge in [0.05, 0.1) is 6.54 Å². The van der Waals surface area contributed by atoms with Crippen molar-refractivity contribution >= 4 is 34.2 Å². The molecule has 0 saturated heterocycles. The molecule has 0 atom stereocenters. The zero-order chi connectivity index (χ0) is 15.9. The Morgan fingerprint density at radius 2 is 1.82 bits per heavy atom. The topological polar surface area (TPSA) is 32.3 Å². The molecule has 0 spiro atoms. The average molecular weight is 408 g/mol. The Hall–Kier alpha value is -1.40. The minimum Gasteiger partial charge on any atom is -0.314 e. The molecule has 0 fully saturated rings. The number of hydrogen-bond acceptors (Lipinski definition) is 2. The van der Waals surface area contributed by atoms with Gasteiger partial charge in [0.1, 0.15) is 0 Å². The second-order valence-electron chi connectivity index (χ2n) is 5.26. The van der Waals surface area contributed by atoms with Crippen LogP contribution in [-0.2, 0) is 11.2 Å². The van der Waals surface area contributed by atoms with Crippen LogP contribution in [0.3, 0.4) is 0 Å². The Morgan fingerprint density at radius 3 is 2.55 bits per heavy atom. The Morgan fingerprint density at radius 1 is 1.14 bits per heavy atom. The van der Waals surface area contributed by atoms with Crippen LogP contribution < -0.4 is 10.2 Å². The SMILES string of the molecule is Cc1ccccc1N(C)C(=O)CNCCc1ccccc1I. The number of likely N-dealkylation sites (N-methyl/N-ethyl adjacent to an activating group) is 1. The van der Waals surface area contributed by atoms with E-state index >= 15 is 0 Å². The van der Waals surface area contributed by atoms with Gasteiger partial charge in [-0.3, -0.25) is 4.79 Å². The number of carbonyl (C=O) groups excluding carboxylic acids is 1. The zero-order valence-electron chi connectivity index (χ0n) is 13.0. The summed E-state index contributed by atoms with van der Waals surface area (Å²) in [5, 5.41) is 3.24. The molecule has 0 aliphatic carbocycles. The molecular formula is C18H21IN2O. The van der Waals surface area contributed by atoms with Crippen molar-refractivity contribution in [3.8, 4) is 0 Å². The molecule has 2 aromatic rings. The molecule has 0 unspecified atom stereocenters. The molecule has 0 radical (unpaired) electrons. The van der Waals surface area contributed by atoms with Crippen LogP contribution in [0.5, 0.6) is 0 Å².